The molecule has 160 valence electrons. The van der Waals surface area contributed by atoms with Crippen molar-refractivity contribution < 1.29 is 4.92 Å². The molecule has 0 unspecified atom stereocenters. The Hall–Kier alpha value is -3.58. The van der Waals surface area contributed by atoms with Gasteiger partial charge in [-0.25, -0.2) is 4.98 Å². The van der Waals surface area contributed by atoms with Crippen molar-refractivity contribution in [2.24, 2.45) is 0 Å². The maximum absolute atomic E-state index is 13.3. The van der Waals surface area contributed by atoms with Crippen LogP contribution in [0.15, 0.2) is 58.7 Å². The average Bonchev–Trinajstić information content (AvgIpc) is 3.39. The topological polar surface area (TPSA) is 78.0 Å². The molecule has 32 heavy (non-hydrogen) atoms. The Kier molecular flexibility index (Phi) is 4.98. The van der Waals surface area contributed by atoms with E-state index >= 15 is 0 Å². The molecule has 0 atom stereocenters. The molecule has 0 spiro atoms. The number of hydrogen-bond acceptors (Lipinski definition) is 5. The molecule has 2 aromatic carbocycles. The summed E-state index contributed by atoms with van der Waals surface area (Å²) in [6.45, 7) is 4.44. The molecule has 4 aromatic rings. The Balaban J connectivity index is 1.61. The monoisotopic (exact) mass is 443 g/mol. The highest BCUT2D eigenvalue weighted by Crippen LogP contribution is 2.35. The second-order valence-corrected chi connectivity index (χ2v) is 9.10. The van der Waals surface area contributed by atoms with Crippen molar-refractivity contribution in [2.45, 2.75) is 32.7 Å². The molecule has 5 rings (SSSR count). The number of fused-ring (bicyclic) bond motifs is 2. The summed E-state index contributed by atoms with van der Waals surface area (Å²) < 4.78 is 1.73. The summed E-state index contributed by atoms with van der Waals surface area (Å²) >= 11 is 1.47. The Morgan fingerprint density at radius 2 is 1.97 bits per heavy atom. The van der Waals surface area contributed by atoms with Crippen molar-refractivity contribution >= 4 is 38.9 Å². The summed E-state index contributed by atoms with van der Waals surface area (Å²) in [5, 5.41) is 14.2. The van der Waals surface area contributed by atoms with Crippen LogP contribution in [-0.2, 0) is 6.54 Å². The molecule has 0 radical (unpaired) electrons. The molecule has 0 amide bonds. The van der Waals surface area contributed by atoms with Crippen LogP contribution in [0.2, 0.25) is 0 Å². The number of rotatable bonds is 4. The lowest BCUT2D eigenvalue weighted by molar-refractivity contribution is -0.385. The highest BCUT2D eigenvalue weighted by atomic mass is 32.1. The summed E-state index contributed by atoms with van der Waals surface area (Å²) in [5.41, 5.74) is 4.39. The summed E-state index contributed by atoms with van der Waals surface area (Å²) in [6, 6.07) is 15.2. The smallest absolute Gasteiger partial charge is 0.273 e. The van der Waals surface area contributed by atoms with Crippen LogP contribution in [0.5, 0.6) is 0 Å². The number of thiophene rings is 1. The minimum atomic E-state index is -0.330. The van der Waals surface area contributed by atoms with Gasteiger partial charge < -0.3 is 0 Å². The minimum absolute atomic E-state index is 0.0327. The highest BCUT2D eigenvalue weighted by molar-refractivity contribution is 7.17. The van der Waals surface area contributed by atoms with Gasteiger partial charge in [-0.05, 0) is 35.1 Å². The Morgan fingerprint density at radius 1 is 1.19 bits per heavy atom. The highest BCUT2D eigenvalue weighted by Gasteiger charge is 2.24. The van der Waals surface area contributed by atoms with E-state index in [1.807, 2.05) is 67.8 Å². The third-order valence-electron chi connectivity index (χ3n) is 5.88. The van der Waals surface area contributed by atoms with E-state index in [1.165, 1.54) is 11.3 Å². The summed E-state index contributed by atoms with van der Waals surface area (Å²) in [5.74, 6) is 0.718. The number of nitro benzene ring substituents is 1. The van der Waals surface area contributed by atoms with Gasteiger partial charge in [0.05, 0.1) is 10.3 Å². The minimum Gasteiger partial charge on any atom is -0.292 e. The van der Waals surface area contributed by atoms with E-state index in [4.69, 9.17) is 4.98 Å². The molecule has 1 aliphatic rings. The van der Waals surface area contributed by atoms with Gasteiger partial charge in [0.2, 0.25) is 0 Å². The summed E-state index contributed by atoms with van der Waals surface area (Å²) in [4.78, 5) is 30.1. The van der Waals surface area contributed by atoms with Gasteiger partial charge in [-0.3, -0.25) is 19.5 Å². The zero-order valence-electron chi connectivity index (χ0n) is 17.7. The molecule has 7 heteroatoms. The van der Waals surface area contributed by atoms with E-state index in [0.29, 0.717) is 34.6 Å². The zero-order valence-corrected chi connectivity index (χ0v) is 18.6. The van der Waals surface area contributed by atoms with Gasteiger partial charge >= 0.3 is 0 Å². The number of hydrogen-bond donors (Lipinski definition) is 0. The number of benzene rings is 2. The summed E-state index contributed by atoms with van der Waals surface area (Å²) in [6.07, 6.45) is 2.58. The van der Waals surface area contributed by atoms with Gasteiger partial charge in [0.25, 0.3) is 11.2 Å². The molecule has 1 aliphatic heterocycles. The number of allylic oxidation sites excluding steroid dienone is 1. The van der Waals surface area contributed by atoms with Gasteiger partial charge in [-0.1, -0.05) is 56.3 Å². The normalized spacial score (nSPS) is 14.4. The van der Waals surface area contributed by atoms with Crippen molar-refractivity contribution in [2.75, 3.05) is 0 Å². The van der Waals surface area contributed by atoms with Crippen molar-refractivity contribution in [1.82, 2.24) is 9.55 Å². The van der Waals surface area contributed by atoms with Crippen molar-refractivity contribution in [3.8, 4) is 11.1 Å². The van der Waals surface area contributed by atoms with Gasteiger partial charge in [-0.2, -0.15) is 0 Å². The predicted molar refractivity (Wildman–Crippen MR) is 129 cm³/mol. The quantitative estimate of drug-likeness (QED) is 0.282. The first-order valence-corrected chi connectivity index (χ1v) is 11.4. The maximum atomic E-state index is 13.3. The van der Waals surface area contributed by atoms with Gasteiger partial charge in [0, 0.05) is 29.1 Å². The predicted octanol–water partition coefficient (Wildman–Crippen LogP) is 6.10. The molecule has 0 bridgehead atoms. The molecule has 0 aliphatic carbocycles. The summed E-state index contributed by atoms with van der Waals surface area (Å²) in [7, 11) is 0. The largest absolute Gasteiger partial charge is 0.292 e. The Morgan fingerprint density at radius 3 is 2.69 bits per heavy atom. The average molecular weight is 444 g/mol. The van der Waals surface area contributed by atoms with Crippen LogP contribution in [0.25, 0.3) is 33.0 Å². The van der Waals surface area contributed by atoms with Crippen LogP contribution in [0, 0.1) is 10.1 Å². The fraction of sp³-hybridized carbons (Fsp3) is 0.200. The van der Waals surface area contributed by atoms with Gasteiger partial charge in [0.15, 0.2) is 0 Å². The molecule has 0 fully saturated rings. The number of nitrogens with zero attached hydrogens (tertiary/aromatic N) is 3. The van der Waals surface area contributed by atoms with E-state index in [-0.39, 0.29) is 22.1 Å². The van der Waals surface area contributed by atoms with Crippen molar-refractivity contribution in [1.29, 1.82) is 0 Å². The maximum Gasteiger partial charge on any atom is 0.273 e. The van der Waals surface area contributed by atoms with E-state index in [0.717, 1.165) is 22.3 Å². The number of nitro groups is 1. The van der Waals surface area contributed by atoms with Crippen LogP contribution >= 0.6 is 11.3 Å². The third kappa shape index (κ3) is 3.35. The second kappa shape index (κ2) is 7.84. The van der Waals surface area contributed by atoms with E-state index in [2.05, 4.69) is 0 Å². The number of aromatic nitrogens is 2. The lowest BCUT2D eigenvalue weighted by atomic mass is 9.98. The molecule has 0 saturated heterocycles. The first-order valence-electron chi connectivity index (χ1n) is 10.5. The van der Waals surface area contributed by atoms with Crippen LogP contribution in [0.3, 0.4) is 0 Å². The molecular weight excluding hydrogens is 422 g/mol. The van der Waals surface area contributed by atoms with Crippen LogP contribution < -0.4 is 5.56 Å². The molecule has 0 saturated carbocycles. The molecule has 3 heterocycles. The zero-order chi connectivity index (χ0) is 22.4. The van der Waals surface area contributed by atoms with E-state index < -0.39 is 0 Å². The van der Waals surface area contributed by atoms with E-state index in [9.17, 15) is 14.9 Å². The third-order valence-corrected chi connectivity index (χ3v) is 6.76. The van der Waals surface area contributed by atoms with Crippen molar-refractivity contribution in [3.63, 3.8) is 0 Å². The second-order valence-electron chi connectivity index (χ2n) is 8.24. The molecular formula is C25H21N3O3S. The standard InChI is InChI=1S/C25H21N3O3S/c1-15(2)19-9-8-16(13-21(19)28(30)31)12-18-10-11-27-23(18)26-24-22(25(27)29)20(14-32-24)17-6-4-3-5-7-17/h3-9,12-15H,10-11H2,1-2H3/b18-12+. The Bertz CT molecular complexity index is 1450. The fourth-order valence-electron chi connectivity index (χ4n) is 4.29. The fourth-order valence-corrected chi connectivity index (χ4v) is 5.22. The van der Waals surface area contributed by atoms with Crippen LogP contribution in [-0.4, -0.2) is 14.5 Å². The van der Waals surface area contributed by atoms with Crippen LogP contribution in [0.4, 0.5) is 5.69 Å². The van der Waals surface area contributed by atoms with Crippen molar-refractivity contribution in [3.05, 3.63) is 91.3 Å². The molecule has 6 nitrogen and oxygen atoms in total. The molecule has 2 aromatic heterocycles. The van der Waals surface area contributed by atoms with E-state index in [1.54, 1.807) is 10.6 Å². The van der Waals surface area contributed by atoms with Crippen LogP contribution in [0.1, 0.15) is 43.1 Å². The molecule has 0 N–H and O–H groups in total. The Labute approximate surface area is 188 Å². The lowest BCUT2D eigenvalue weighted by Crippen LogP contribution is -2.20. The first-order chi connectivity index (χ1) is 15.4. The SMILES string of the molecule is CC(C)c1ccc(/C=C2\CCn3c2nc2scc(-c4ccccc4)c2c3=O)cc1[N+](=O)[O-]. The van der Waals surface area contributed by atoms with Gasteiger partial charge in [0.1, 0.15) is 10.7 Å². The van der Waals surface area contributed by atoms with Gasteiger partial charge in [-0.15, -0.1) is 11.3 Å². The first kappa shape index (κ1) is 20.3. The lowest BCUT2D eigenvalue weighted by Gasteiger charge is -2.08.